The Labute approximate surface area is 152 Å². The van der Waals surface area contributed by atoms with E-state index in [9.17, 15) is 18.0 Å². The third kappa shape index (κ3) is 4.85. The predicted octanol–water partition coefficient (Wildman–Crippen LogP) is 4.60. The Morgan fingerprint density at radius 1 is 1.08 bits per heavy atom. The zero-order valence-corrected chi connectivity index (χ0v) is 14.5. The Morgan fingerprint density at radius 2 is 1.85 bits per heavy atom. The maximum atomic E-state index is 12.7. The number of carbonyl (C=O) groups is 1. The molecule has 0 radical (unpaired) electrons. The van der Waals surface area contributed by atoms with Crippen LogP contribution in [0.5, 0.6) is 11.5 Å². The SMILES string of the molecule is O=C(CSc1ccc2c(c1)OCCCO2)Nc1cccc(C(F)(F)F)c1. The van der Waals surface area contributed by atoms with E-state index >= 15 is 0 Å². The quantitative estimate of drug-likeness (QED) is 0.784. The van der Waals surface area contributed by atoms with E-state index in [4.69, 9.17) is 9.47 Å². The summed E-state index contributed by atoms with van der Waals surface area (Å²) in [5.41, 5.74) is -0.685. The Bertz CT molecular complexity index is 795. The van der Waals surface area contributed by atoms with Gasteiger partial charge < -0.3 is 14.8 Å². The van der Waals surface area contributed by atoms with Gasteiger partial charge in [0.05, 0.1) is 24.5 Å². The van der Waals surface area contributed by atoms with Crippen molar-refractivity contribution >= 4 is 23.4 Å². The molecule has 26 heavy (non-hydrogen) atoms. The van der Waals surface area contributed by atoms with Gasteiger partial charge >= 0.3 is 6.18 Å². The first-order chi connectivity index (χ1) is 12.4. The van der Waals surface area contributed by atoms with Crippen molar-refractivity contribution in [3.63, 3.8) is 0 Å². The van der Waals surface area contributed by atoms with E-state index in [1.54, 1.807) is 12.1 Å². The minimum atomic E-state index is -4.45. The number of thioether (sulfide) groups is 1. The summed E-state index contributed by atoms with van der Waals surface area (Å²) in [4.78, 5) is 12.8. The molecule has 1 aliphatic rings. The molecular weight excluding hydrogens is 367 g/mol. The molecule has 2 aromatic rings. The van der Waals surface area contributed by atoms with Crippen molar-refractivity contribution in [2.45, 2.75) is 17.5 Å². The summed E-state index contributed by atoms with van der Waals surface area (Å²) in [6, 6.07) is 9.95. The summed E-state index contributed by atoms with van der Waals surface area (Å²) in [5, 5.41) is 2.48. The Balaban J connectivity index is 1.58. The summed E-state index contributed by atoms with van der Waals surface area (Å²) in [7, 11) is 0. The number of amides is 1. The molecule has 0 atom stereocenters. The van der Waals surface area contributed by atoms with Crippen LogP contribution in [-0.4, -0.2) is 24.9 Å². The number of benzene rings is 2. The number of ether oxygens (including phenoxy) is 2. The highest BCUT2D eigenvalue weighted by Crippen LogP contribution is 2.34. The summed E-state index contributed by atoms with van der Waals surface area (Å²) in [5.74, 6) is 0.975. The number of alkyl halides is 3. The highest BCUT2D eigenvalue weighted by atomic mass is 32.2. The van der Waals surface area contributed by atoms with Crippen molar-refractivity contribution in [2.24, 2.45) is 0 Å². The number of fused-ring (bicyclic) bond motifs is 1. The topological polar surface area (TPSA) is 47.6 Å². The van der Waals surface area contributed by atoms with E-state index in [2.05, 4.69) is 5.32 Å². The molecule has 0 spiro atoms. The van der Waals surface area contributed by atoms with E-state index in [1.165, 1.54) is 23.9 Å². The fourth-order valence-corrected chi connectivity index (χ4v) is 3.08. The molecule has 1 aliphatic heterocycles. The molecule has 0 aromatic heterocycles. The van der Waals surface area contributed by atoms with Crippen molar-refractivity contribution in [3.05, 3.63) is 48.0 Å². The van der Waals surface area contributed by atoms with Crippen LogP contribution >= 0.6 is 11.8 Å². The molecule has 138 valence electrons. The third-order valence-corrected chi connectivity index (χ3v) is 4.56. The first-order valence-corrected chi connectivity index (χ1v) is 8.90. The van der Waals surface area contributed by atoms with E-state index < -0.39 is 11.7 Å². The maximum absolute atomic E-state index is 12.7. The molecule has 0 saturated heterocycles. The lowest BCUT2D eigenvalue weighted by atomic mass is 10.2. The molecular formula is C18H16F3NO3S. The molecule has 0 aliphatic carbocycles. The van der Waals surface area contributed by atoms with Crippen molar-refractivity contribution in [1.82, 2.24) is 0 Å². The van der Waals surface area contributed by atoms with Crippen LogP contribution in [0.15, 0.2) is 47.4 Å². The molecule has 0 unspecified atom stereocenters. The van der Waals surface area contributed by atoms with Crippen LogP contribution in [0.4, 0.5) is 18.9 Å². The van der Waals surface area contributed by atoms with E-state index in [-0.39, 0.29) is 17.3 Å². The number of anilines is 1. The van der Waals surface area contributed by atoms with Crippen molar-refractivity contribution in [2.75, 3.05) is 24.3 Å². The lowest BCUT2D eigenvalue weighted by molar-refractivity contribution is -0.137. The van der Waals surface area contributed by atoms with Crippen LogP contribution in [0, 0.1) is 0 Å². The van der Waals surface area contributed by atoms with Crippen LogP contribution in [0.3, 0.4) is 0 Å². The van der Waals surface area contributed by atoms with Gasteiger partial charge in [0, 0.05) is 17.0 Å². The molecule has 2 aromatic carbocycles. The van der Waals surface area contributed by atoms with Gasteiger partial charge in [-0.1, -0.05) is 6.07 Å². The Morgan fingerprint density at radius 3 is 2.62 bits per heavy atom. The number of rotatable bonds is 4. The second-order valence-corrected chi connectivity index (χ2v) is 6.62. The monoisotopic (exact) mass is 383 g/mol. The number of hydrogen-bond donors (Lipinski definition) is 1. The number of halogens is 3. The van der Waals surface area contributed by atoms with Crippen LogP contribution in [0.2, 0.25) is 0 Å². The van der Waals surface area contributed by atoms with Gasteiger partial charge in [-0.15, -0.1) is 11.8 Å². The molecule has 0 fully saturated rings. The summed E-state index contributed by atoms with van der Waals surface area (Å²) in [6.45, 7) is 1.16. The highest BCUT2D eigenvalue weighted by Gasteiger charge is 2.30. The molecule has 3 rings (SSSR count). The van der Waals surface area contributed by atoms with E-state index in [1.807, 2.05) is 6.07 Å². The van der Waals surface area contributed by atoms with Gasteiger partial charge in [0.1, 0.15) is 0 Å². The average molecular weight is 383 g/mol. The third-order valence-electron chi connectivity index (χ3n) is 3.56. The summed E-state index contributed by atoms with van der Waals surface area (Å²) in [6.07, 6.45) is -3.64. The normalized spacial score (nSPS) is 13.8. The molecule has 1 N–H and O–H groups in total. The predicted molar refractivity (Wildman–Crippen MR) is 92.8 cm³/mol. The van der Waals surface area contributed by atoms with Crippen molar-refractivity contribution < 1.29 is 27.4 Å². The number of nitrogens with one attached hydrogen (secondary N) is 1. The Kier molecular flexibility index (Phi) is 5.61. The van der Waals surface area contributed by atoms with E-state index in [0.717, 1.165) is 23.4 Å². The van der Waals surface area contributed by atoms with Crippen LogP contribution in [0.25, 0.3) is 0 Å². The average Bonchev–Trinajstić information content (AvgIpc) is 2.84. The molecule has 4 nitrogen and oxygen atoms in total. The first kappa shape index (κ1) is 18.4. The van der Waals surface area contributed by atoms with Gasteiger partial charge in [-0.25, -0.2) is 0 Å². The van der Waals surface area contributed by atoms with Gasteiger partial charge in [0.25, 0.3) is 0 Å². The zero-order valence-electron chi connectivity index (χ0n) is 13.6. The van der Waals surface area contributed by atoms with Gasteiger partial charge in [0.15, 0.2) is 11.5 Å². The van der Waals surface area contributed by atoms with Gasteiger partial charge in [-0.2, -0.15) is 13.2 Å². The van der Waals surface area contributed by atoms with Gasteiger partial charge in [-0.3, -0.25) is 4.79 Å². The van der Waals surface area contributed by atoms with Crippen LogP contribution in [0.1, 0.15) is 12.0 Å². The molecule has 0 bridgehead atoms. The highest BCUT2D eigenvalue weighted by molar-refractivity contribution is 8.00. The fraction of sp³-hybridized carbons (Fsp3) is 0.278. The lowest BCUT2D eigenvalue weighted by Crippen LogP contribution is -2.15. The summed E-state index contributed by atoms with van der Waals surface area (Å²) < 4.78 is 49.2. The smallest absolute Gasteiger partial charge is 0.416 e. The second-order valence-electron chi connectivity index (χ2n) is 5.57. The van der Waals surface area contributed by atoms with Gasteiger partial charge in [0.2, 0.25) is 5.91 Å². The first-order valence-electron chi connectivity index (χ1n) is 7.91. The van der Waals surface area contributed by atoms with Crippen molar-refractivity contribution in [3.8, 4) is 11.5 Å². The maximum Gasteiger partial charge on any atom is 0.416 e. The minimum absolute atomic E-state index is 0.0654. The Hall–Kier alpha value is -2.35. The number of carbonyl (C=O) groups excluding carboxylic acids is 1. The van der Waals surface area contributed by atoms with Crippen molar-refractivity contribution in [1.29, 1.82) is 0 Å². The molecule has 8 heteroatoms. The fourth-order valence-electron chi connectivity index (χ4n) is 2.35. The number of hydrogen-bond acceptors (Lipinski definition) is 4. The van der Waals surface area contributed by atoms with Crippen LogP contribution < -0.4 is 14.8 Å². The zero-order chi connectivity index (χ0) is 18.6. The molecule has 1 heterocycles. The minimum Gasteiger partial charge on any atom is -0.490 e. The summed E-state index contributed by atoms with van der Waals surface area (Å²) >= 11 is 1.27. The molecule has 0 saturated carbocycles. The van der Waals surface area contributed by atoms with Crippen LogP contribution in [-0.2, 0) is 11.0 Å². The largest absolute Gasteiger partial charge is 0.490 e. The van der Waals surface area contributed by atoms with Gasteiger partial charge in [-0.05, 0) is 36.4 Å². The lowest BCUT2D eigenvalue weighted by Gasteiger charge is -2.11. The second kappa shape index (κ2) is 7.90. The van der Waals surface area contributed by atoms with E-state index in [0.29, 0.717) is 24.7 Å². The standard InChI is InChI=1S/C18H16F3NO3S/c19-18(20,21)12-3-1-4-13(9-12)22-17(23)11-26-14-5-6-15-16(10-14)25-8-2-7-24-15/h1,3-6,9-10H,2,7-8,11H2,(H,22,23). The molecule has 1 amide bonds.